The summed E-state index contributed by atoms with van der Waals surface area (Å²) in [5, 5.41) is 2.81. The molecule has 2 aliphatic rings. The Morgan fingerprint density at radius 2 is 1.79 bits per heavy atom. The minimum absolute atomic E-state index is 0.329. The lowest BCUT2D eigenvalue weighted by atomic mass is 9.86. The Morgan fingerprint density at radius 3 is 2.53 bits per heavy atom. The monoisotopic (exact) mass is 462 g/mol. The maximum absolute atomic E-state index is 13.2. The maximum Gasteiger partial charge on any atom is 0.343 e. The van der Waals surface area contributed by atoms with Crippen LogP contribution in [0.1, 0.15) is 67.4 Å². The van der Waals surface area contributed by atoms with Gasteiger partial charge in [-0.25, -0.2) is 14.6 Å². The van der Waals surface area contributed by atoms with E-state index in [0.29, 0.717) is 41.5 Å². The first-order chi connectivity index (χ1) is 16.5. The number of nitrogens with one attached hydrogen (secondary N) is 1. The summed E-state index contributed by atoms with van der Waals surface area (Å²) in [6.45, 7) is 2.26. The number of urea groups is 1. The first-order valence-electron chi connectivity index (χ1n) is 12.0. The zero-order chi connectivity index (χ0) is 23.9. The van der Waals surface area contributed by atoms with Crippen molar-refractivity contribution < 1.29 is 23.9 Å². The first-order valence-corrected chi connectivity index (χ1v) is 12.0. The summed E-state index contributed by atoms with van der Waals surface area (Å²) in [5.74, 6) is -0.883. The van der Waals surface area contributed by atoms with Gasteiger partial charge in [-0.3, -0.25) is 4.79 Å². The number of hydrogen-bond acceptors (Lipinski definition) is 5. The van der Waals surface area contributed by atoms with Crippen LogP contribution in [-0.2, 0) is 9.53 Å². The van der Waals surface area contributed by atoms with Crippen molar-refractivity contribution in [2.75, 3.05) is 6.61 Å². The van der Waals surface area contributed by atoms with Gasteiger partial charge in [-0.2, -0.15) is 0 Å². The van der Waals surface area contributed by atoms with Crippen LogP contribution >= 0.6 is 0 Å². The van der Waals surface area contributed by atoms with Crippen molar-refractivity contribution >= 4 is 23.7 Å². The van der Waals surface area contributed by atoms with Crippen LogP contribution in [0, 0.1) is 11.8 Å². The van der Waals surface area contributed by atoms with E-state index in [1.807, 2.05) is 13.0 Å². The molecule has 2 unspecified atom stereocenters. The van der Waals surface area contributed by atoms with E-state index in [1.165, 1.54) is 19.3 Å². The quantitative estimate of drug-likeness (QED) is 0.447. The van der Waals surface area contributed by atoms with E-state index in [2.05, 4.69) is 10.3 Å². The molecule has 0 saturated heterocycles. The Hall–Kier alpha value is -3.48. The van der Waals surface area contributed by atoms with Crippen molar-refractivity contribution in [2.24, 2.45) is 16.8 Å². The summed E-state index contributed by atoms with van der Waals surface area (Å²) in [7, 11) is 0. The molecule has 7 heteroatoms. The van der Waals surface area contributed by atoms with Gasteiger partial charge >= 0.3 is 18.0 Å². The Labute approximate surface area is 199 Å². The van der Waals surface area contributed by atoms with Crippen LogP contribution < -0.4 is 10.1 Å². The third kappa shape index (κ3) is 5.71. The summed E-state index contributed by atoms with van der Waals surface area (Å²) in [6.07, 6.45) is 6.17. The van der Waals surface area contributed by atoms with Gasteiger partial charge in [0.25, 0.3) is 0 Å². The second kappa shape index (κ2) is 11.1. The van der Waals surface area contributed by atoms with E-state index in [4.69, 9.17) is 9.47 Å². The molecule has 1 aliphatic carbocycles. The van der Waals surface area contributed by atoms with Crippen LogP contribution in [0.25, 0.3) is 0 Å². The maximum atomic E-state index is 13.2. The number of benzene rings is 2. The van der Waals surface area contributed by atoms with E-state index >= 15 is 0 Å². The average molecular weight is 463 g/mol. The highest BCUT2D eigenvalue weighted by Crippen LogP contribution is 2.32. The molecule has 1 fully saturated rings. The van der Waals surface area contributed by atoms with Gasteiger partial charge in [-0.15, -0.1) is 0 Å². The lowest BCUT2D eigenvalue weighted by Crippen LogP contribution is -2.45. The number of aliphatic imine (C=N–C) groups is 1. The molecule has 0 spiro atoms. The van der Waals surface area contributed by atoms with Crippen LogP contribution in [0.15, 0.2) is 59.6 Å². The average Bonchev–Trinajstić information content (AvgIpc) is 2.88. The van der Waals surface area contributed by atoms with Crippen molar-refractivity contribution in [3.05, 3.63) is 65.7 Å². The minimum Gasteiger partial charge on any atom is -0.465 e. The standard InChI is InChI=1S/C27H30N2O5/c1-2-22-23(26(31)33-17-18-10-5-3-6-11-18)24(29-27(32)28-22)20-14-9-15-21(16-20)34-25(30)19-12-7-4-8-13-19/h4,7-9,12-16,18,23-24H,2-3,5-6,10-11,17H2,1H3,(H,29,32). The molecule has 2 aromatic carbocycles. The summed E-state index contributed by atoms with van der Waals surface area (Å²) in [4.78, 5) is 42.0. The van der Waals surface area contributed by atoms with Crippen molar-refractivity contribution in [3.8, 4) is 5.75 Å². The number of amides is 2. The highest BCUT2D eigenvalue weighted by molar-refractivity contribution is 6.09. The normalized spacial score (nSPS) is 20.7. The third-order valence-corrected chi connectivity index (χ3v) is 6.46. The van der Waals surface area contributed by atoms with Crippen molar-refractivity contribution in [2.45, 2.75) is 51.5 Å². The summed E-state index contributed by atoms with van der Waals surface area (Å²) in [6, 6.07) is 14.4. The van der Waals surface area contributed by atoms with Gasteiger partial charge in [-0.05, 0) is 55.0 Å². The van der Waals surface area contributed by atoms with Crippen LogP contribution in [0.5, 0.6) is 5.75 Å². The van der Waals surface area contributed by atoms with Crippen molar-refractivity contribution in [3.63, 3.8) is 0 Å². The third-order valence-electron chi connectivity index (χ3n) is 6.46. The molecule has 2 amide bonds. The molecular formula is C27H30N2O5. The molecule has 2 atom stereocenters. The molecule has 0 bridgehead atoms. The summed E-state index contributed by atoms with van der Waals surface area (Å²) < 4.78 is 11.3. The lowest BCUT2D eigenvalue weighted by molar-refractivity contribution is -0.148. The van der Waals surface area contributed by atoms with Gasteiger partial charge in [0, 0.05) is 5.71 Å². The largest absolute Gasteiger partial charge is 0.465 e. The van der Waals surface area contributed by atoms with Gasteiger partial charge in [0.2, 0.25) is 0 Å². The lowest BCUT2D eigenvalue weighted by Gasteiger charge is -2.31. The number of carbonyl (C=O) groups excluding carboxylic acids is 3. The number of carbonyl (C=O) groups is 3. The number of nitrogens with zero attached hydrogens (tertiary/aromatic N) is 1. The minimum atomic E-state index is -0.730. The molecule has 4 rings (SSSR count). The molecule has 2 aromatic rings. The fourth-order valence-electron chi connectivity index (χ4n) is 4.64. The van der Waals surface area contributed by atoms with Crippen LogP contribution in [0.4, 0.5) is 4.79 Å². The Bertz CT molecular complexity index is 1060. The van der Waals surface area contributed by atoms with Crippen LogP contribution in [0.3, 0.4) is 0 Å². The highest BCUT2D eigenvalue weighted by Gasteiger charge is 2.39. The molecule has 1 N–H and O–H groups in total. The molecule has 34 heavy (non-hydrogen) atoms. The summed E-state index contributed by atoms with van der Waals surface area (Å²) >= 11 is 0. The van der Waals surface area contributed by atoms with E-state index in [-0.39, 0.29) is 5.97 Å². The van der Waals surface area contributed by atoms with Gasteiger partial charge in [-0.1, -0.05) is 56.5 Å². The van der Waals surface area contributed by atoms with Crippen molar-refractivity contribution in [1.82, 2.24) is 5.32 Å². The fourth-order valence-corrected chi connectivity index (χ4v) is 4.64. The number of esters is 2. The van der Waals surface area contributed by atoms with E-state index in [9.17, 15) is 14.4 Å². The Kier molecular flexibility index (Phi) is 7.72. The molecule has 1 aliphatic heterocycles. The number of ether oxygens (including phenoxy) is 2. The molecule has 1 saturated carbocycles. The topological polar surface area (TPSA) is 94.1 Å². The predicted octanol–water partition coefficient (Wildman–Crippen LogP) is 5.26. The first kappa shape index (κ1) is 23.7. The van der Waals surface area contributed by atoms with Crippen molar-refractivity contribution in [1.29, 1.82) is 0 Å². The SMILES string of the molecule is CCC1=NC(=O)NC(c2cccc(OC(=O)c3ccccc3)c2)C1C(=O)OCC1CCCCC1. The molecule has 178 valence electrons. The van der Waals surface area contributed by atoms with Gasteiger partial charge in [0.1, 0.15) is 11.7 Å². The molecule has 1 heterocycles. The second-order valence-corrected chi connectivity index (χ2v) is 8.82. The number of rotatable bonds is 7. The predicted molar refractivity (Wildman–Crippen MR) is 128 cm³/mol. The van der Waals surface area contributed by atoms with Gasteiger partial charge in [0.15, 0.2) is 0 Å². The Balaban J connectivity index is 1.53. The molecule has 7 nitrogen and oxygen atoms in total. The number of hydrogen-bond donors (Lipinski definition) is 1. The zero-order valence-electron chi connectivity index (χ0n) is 19.4. The fraction of sp³-hybridized carbons (Fsp3) is 0.407. The smallest absolute Gasteiger partial charge is 0.343 e. The molecular weight excluding hydrogens is 432 g/mol. The molecule has 0 radical (unpaired) electrons. The highest BCUT2D eigenvalue weighted by atomic mass is 16.5. The molecule has 0 aromatic heterocycles. The van der Waals surface area contributed by atoms with Gasteiger partial charge < -0.3 is 14.8 Å². The van der Waals surface area contributed by atoms with E-state index in [1.54, 1.807) is 48.5 Å². The second-order valence-electron chi connectivity index (χ2n) is 8.82. The van der Waals surface area contributed by atoms with E-state index < -0.39 is 24.0 Å². The Morgan fingerprint density at radius 1 is 1.03 bits per heavy atom. The van der Waals surface area contributed by atoms with E-state index in [0.717, 1.165) is 12.8 Å². The van der Waals surface area contributed by atoms with Gasteiger partial charge in [0.05, 0.1) is 18.2 Å². The van der Waals surface area contributed by atoms with Crippen LogP contribution in [0.2, 0.25) is 0 Å². The van der Waals surface area contributed by atoms with Crippen LogP contribution in [-0.4, -0.2) is 30.3 Å². The zero-order valence-corrected chi connectivity index (χ0v) is 19.4. The summed E-state index contributed by atoms with van der Waals surface area (Å²) in [5.41, 5.74) is 1.57.